The van der Waals surface area contributed by atoms with Crippen LogP contribution in [0.3, 0.4) is 0 Å². The summed E-state index contributed by atoms with van der Waals surface area (Å²) in [5.41, 5.74) is 8.09. The Hall–Kier alpha value is -3.07. The minimum atomic E-state index is -0.566. The number of nitrogens with one attached hydrogen (secondary N) is 1. The summed E-state index contributed by atoms with van der Waals surface area (Å²) >= 11 is 1.51. The number of thiazole rings is 1. The van der Waals surface area contributed by atoms with Gasteiger partial charge in [0.15, 0.2) is 5.13 Å². The summed E-state index contributed by atoms with van der Waals surface area (Å²) in [4.78, 5) is 34.3. The largest absolute Gasteiger partial charge is 0.366 e. The van der Waals surface area contributed by atoms with Gasteiger partial charge in [-0.1, -0.05) is 30.6 Å². The van der Waals surface area contributed by atoms with Crippen LogP contribution in [0.1, 0.15) is 58.6 Å². The zero-order valence-corrected chi connectivity index (χ0v) is 18.1. The van der Waals surface area contributed by atoms with Crippen molar-refractivity contribution in [2.24, 2.45) is 5.73 Å². The van der Waals surface area contributed by atoms with Crippen molar-refractivity contribution in [2.75, 3.05) is 5.32 Å². The average molecular weight is 428 g/mol. The number of nitrogens with two attached hydrogens (primary N) is 1. The van der Waals surface area contributed by atoms with E-state index in [-0.39, 0.29) is 12.3 Å². The van der Waals surface area contributed by atoms with E-state index in [1.807, 2.05) is 6.92 Å². The van der Waals surface area contributed by atoms with E-state index in [0.29, 0.717) is 40.0 Å². The first kappa shape index (κ1) is 21.6. The van der Waals surface area contributed by atoms with Crippen molar-refractivity contribution in [3.8, 4) is 11.4 Å². The Labute approximate surface area is 178 Å². The van der Waals surface area contributed by atoms with Gasteiger partial charge >= 0.3 is 0 Å². The predicted molar refractivity (Wildman–Crippen MR) is 115 cm³/mol. The van der Waals surface area contributed by atoms with Gasteiger partial charge in [-0.15, -0.1) is 11.3 Å². The standard InChI is InChI=1S/C21H25N5O3S/c1-4-5-9-17-12(2)23-21(30-17)25-18(27)11-10-14-15(19(22)28)7-6-8-16(14)20-24-13(3)29-26-20/h6-8H,4-5,9-11H2,1-3H3,(H2,22,28)(H,23,25,27). The second kappa shape index (κ2) is 9.62. The minimum Gasteiger partial charge on any atom is -0.366 e. The van der Waals surface area contributed by atoms with Crippen LogP contribution >= 0.6 is 11.3 Å². The number of amides is 2. The first-order chi connectivity index (χ1) is 14.4. The lowest BCUT2D eigenvalue weighted by Crippen LogP contribution is -2.17. The molecule has 8 nitrogen and oxygen atoms in total. The van der Waals surface area contributed by atoms with Gasteiger partial charge in [0.25, 0.3) is 0 Å². The molecule has 9 heteroatoms. The number of aromatic nitrogens is 3. The summed E-state index contributed by atoms with van der Waals surface area (Å²) in [5.74, 6) is 0.0298. The zero-order valence-electron chi connectivity index (χ0n) is 17.3. The molecule has 0 spiro atoms. The first-order valence-corrected chi connectivity index (χ1v) is 10.7. The number of hydrogen-bond donors (Lipinski definition) is 2. The van der Waals surface area contributed by atoms with Gasteiger partial charge < -0.3 is 15.6 Å². The van der Waals surface area contributed by atoms with Crippen LogP contribution in [0, 0.1) is 13.8 Å². The molecular formula is C21H25N5O3S. The van der Waals surface area contributed by atoms with E-state index in [1.54, 1.807) is 25.1 Å². The van der Waals surface area contributed by atoms with Crippen LogP contribution in [-0.2, 0) is 17.6 Å². The van der Waals surface area contributed by atoms with E-state index in [0.717, 1.165) is 25.0 Å². The summed E-state index contributed by atoms with van der Waals surface area (Å²) in [6, 6.07) is 5.13. The molecule has 0 aliphatic carbocycles. The van der Waals surface area contributed by atoms with Crippen molar-refractivity contribution >= 4 is 28.3 Å². The molecule has 0 aliphatic rings. The molecule has 30 heavy (non-hydrogen) atoms. The zero-order chi connectivity index (χ0) is 21.7. The third kappa shape index (κ3) is 5.10. The maximum atomic E-state index is 12.5. The number of aryl methyl sites for hydroxylation is 3. The monoisotopic (exact) mass is 427 g/mol. The van der Waals surface area contributed by atoms with Crippen LogP contribution in [0.25, 0.3) is 11.4 Å². The topological polar surface area (TPSA) is 124 Å². The number of unbranched alkanes of at least 4 members (excludes halogenated alkanes) is 1. The number of primary amides is 1. The Morgan fingerprint density at radius 2 is 2.00 bits per heavy atom. The molecule has 2 amide bonds. The van der Waals surface area contributed by atoms with Gasteiger partial charge in [0.05, 0.1) is 5.69 Å². The second-order valence-corrected chi connectivity index (χ2v) is 8.10. The van der Waals surface area contributed by atoms with Gasteiger partial charge in [0.2, 0.25) is 23.5 Å². The molecule has 0 radical (unpaired) electrons. The fourth-order valence-corrected chi connectivity index (χ4v) is 4.20. The Bertz CT molecular complexity index is 1060. The number of anilines is 1. The molecule has 0 fully saturated rings. The molecule has 158 valence electrons. The molecule has 2 aromatic heterocycles. The molecule has 2 heterocycles. The van der Waals surface area contributed by atoms with Crippen LogP contribution in [0.15, 0.2) is 22.7 Å². The minimum absolute atomic E-state index is 0.164. The molecule has 0 atom stereocenters. The Balaban J connectivity index is 1.75. The van der Waals surface area contributed by atoms with E-state index in [1.165, 1.54) is 16.2 Å². The molecule has 1 aromatic carbocycles. The van der Waals surface area contributed by atoms with E-state index in [2.05, 4.69) is 27.4 Å². The smallest absolute Gasteiger partial charge is 0.249 e. The van der Waals surface area contributed by atoms with Gasteiger partial charge in [-0.25, -0.2) is 4.98 Å². The highest BCUT2D eigenvalue weighted by Crippen LogP contribution is 2.27. The molecule has 0 aliphatic heterocycles. The SMILES string of the molecule is CCCCc1sc(NC(=O)CCc2c(C(N)=O)cccc2-c2noc(C)n2)nc1C. The molecule has 3 aromatic rings. The van der Waals surface area contributed by atoms with E-state index in [4.69, 9.17) is 10.3 Å². The Morgan fingerprint density at radius 1 is 1.20 bits per heavy atom. The van der Waals surface area contributed by atoms with E-state index < -0.39 is 5.91 Å². The van der Waals surface area contributed by atoms with Gasteiger partial charge in [-0.3, -0.25) is 9.59 Å². The normalized spacial score (nSPS) is 10.9. The second-order valence-electron chi connectivity index (χ2n) is 7.01. The molecule has 3 N–H and O–H groups in total. The molecule has 0 saturated heterocycles. The first-order valence-electron chi connectivity index (χ1n) is 9.87. The summed E-state index contributed by atoms with van der Waals surface area (Å²) in [6.45, 7) is 5.79. The van der Waals surface area contributed by atoms with Crippen molar-refractivity contribution in [1.29, 1.82) is 0 Å². The lowest BCUT2D eigenvalue weighted by Gasteiger charge is -2.10. The van der Waals surface area contributed by atoms with Crippen LogP contribution in [0.2, 0.25) is 0 Å². The van der Waals surface area contributed by atoms with Crippen molar-refractivity contribution in [2.45, 2.75) is 52.9 Å². The summed E-state index contributed by atoms with van der Waals surface area (Å²) in [7, 11) is 0. The third-order valence-electron chi connectivity index (χ3n) is 4.71. The number of hydrogen-bond acceptors (Lipinski definition) is 7. The number of carbonyl (C=O) groups excluding carboxylic acids is 2. The number of carbonyl (C=O) groups is 2. The summed E-state index contributed by atoms with van der Waals surface area (Å²) in [5, 5.41) is 7.39. The van der Waals surface area contributed by atoms with Crippen molar-refractivity contribution in [1.82, 2.24) is 15.1 Å². The third-order valence-corrected chi connectivity index (χ3v) is 5.84. The molecular weight excluding hydrogens is 402 g/mol. The van der Waals surface area contributed by atoms with E-state index in [9.17, 15) is 9.59 Å². The van der Waals surface area contributed by atoms with Crippen LogP contribution < -0.4 is 11.1 Å². The van der Waals surface area contributed by atoms with Crippen LogP contribution in [0.5, 0.6) is 0 Å². The van der Waals surface area contributed by atoms with E-state index >= 15 is 0 Å². The van der Waals surface area contributed by atoms with Crippen LogP contribution in [-0.4, -0.2) is 26.9 Å². The molecule has 0 unspecified atom stereocenters. The highest BCUT2D eigenvalue weighted by atomic mass is 32.1. The van der Waals surface area contributed by atoms with Gasteiger partial charge in [0, 0.05) is 29.3 Å². The van der Waals surface area contributed by atoms with Gasteiger partial charge in [0.1, 0.15) is 0 Å². The number of rotatable bonds is 9. The number of benzene rings is 1. The average Bonchev–Trinajstić information content (AvgIpc) is 3.29. The maximum absolute atomic E-state index is 12.5. The van der Waals surface area contributed by atoms with Crippen molar-refractivity contribution in [3.05, 3.63) is 45.8 Å². The van der Waals surface area contributed by atoms with Crippen molar-refractivity contribution < 1.29 is 14.1 Å². The van der Waals surface area contributed by atoms with Gasteiger partial charge in [-0.2, -0.15) is 4.98 Å². The lowest BCUT2D eigenvalue weighted by atomic mass is 9.95. The molecule has 0 saturated carbocycles. The van der Waals surface area contributed by atoms with Crippen LogP contribution in [0.4, 0.5) is 5.13 Å². The van der Waals surface area contributed by atoms with Crippen molar-refractivity contribution in [3.63, 3.8) is 0 Å². The Kier molecular flexibility index (Phi) is 6.94. The van der Waals surface area contributed by atoms with Gasteiger partial charge in [-0.05, 0) is 37.8 Å². The fourth-order valence-electron chi connectivity index (χ4n) is 3.18. The highest BCUT2D eigenvalue weighted by molar-refractivity contribution is 7.15. The fraction of sp³-hybridized carbons (Fsp3) is 0.381. The lowest BCUT2D eigenvalue weighted by molar-refractivity contribution is -0.116. The quantitative estimate of drug-likeness (QED) is 0.535. The predicted octanol–water partition coefficient (Wildman–Crippen LogP) is 3.82. The molecule has 3 rings (SSSR count). The maximum Gasteiger partial charge on any atom is 0.249 e. The highest BCUT2D eigenvalue weighted by Gasteiger charge is 2.19. The summed E-state index contributed by atoms with van der Waals surface area (Å²) < 4.78 is 5.06. The summed E-state index contributed by atoms with van der Waals surface area (Å²) in [6.07, 6.45) is 3.65. The molecule has 0 bridgehead atoms. The number of nitrogens with zero attached hydrogens (tertiary/aromatic N) is 3. The Morgan fingerprint density at radius 3 is 2.67 bits per heavy atom.